The Labute approximate surface area is 113 Å². The third-order valence-electron chi connectivity index (χ3n) is 2.42. The third-order valence-corrected chi connectivity index (χ3v) is 3.89. The van der Waals surface area contributed by atoms with Crippen LogP contribution in [0.25, 0.3) is 0 Å². The van der Waals surface area contributed by atoms with E-state index in [0.29, 0.717) is 17.9 Å². The summed E-state index contributed by atoms with van der Waals surface area (Å²) in [7, 11) is -3.40. The highest BCUT2D eigenvalue weighted by atomic mass is 32.2. The number of anilines is 1. The van der Waals surface area contributed by atoms with Crippen molar-refractivity contribution in [1.82, 2.24) is 4.72 Å². The maximum atomic E-state index is 11.7. The lowest BCUT2D eigenvalue weighted by Gasteiger charge is -2.13. The first-order chi connectivity index (χ1) is 8.93. The predicted molar refractivity (Wildman–Crippen MR) is 74.4 cm³/mol. The zero-order chi connectivity index (χ0) is 14.3. The zero-order valence-electron chi connectivity index (χ0n) is 10.9. The quantitative estimate of drug-likeness (QED) is 0.599. The Hall–Kier alpha value is -1.31. The average Bonchev–Trinajstić information content (AvgIpc) is 2.28. The van der Waals surface area contributed by atoms with Crippen molar-refractivity contribution >= 4 is 15.7 Å². The Bertz CT molecular complexity index is 490. The second-order valence-corrected chi connectivity index (χ2v) is 6.14. The minimum Gasteiger partial charge on any atom is -0.492 e. The Morgan fingerprint density at radius 1 is 1.47 bits per heavy atom. The molecule has 1 atom stereocenters. The van der Waals surface area contributed by atoms with E-state index in [-0.39, 0.29) is 25.0 Å². The average molecular weight is 288 g/mol. The van der Waals surface area contributed by atoms with Crippen LogP contribution in [0.4, 0.5) is 5.69 Å². The van der Waals surface area contributed by atoms with Gasteiger partial charge in [0.25, 0.3) is 0 Å². The normalized spacial score (nSPS) is 13.2. The molecule has 0 heterocycles. The summed E-state index contributed by atoms with van der Waals surface area (Å²) in [4.78, 5) is 0. The minimum atomic E-state index is -3.40. The topological polar surface area (TPSA) is 102 Å². The number of nitrogens with one attached hydrogen (secondary N) is 1. The Morgan fingerprint density at radius 3 is 2.84 bits per heavy atom. The maximum Gasteiger partial charge on any atom is 0.215 e. The minimum absolute atomic E-state index is 0.0463. The van der Waals surface area contributed by atoms with Crippen LogP contribution < -0.4 is 15.2 Å². The van der Waals surface area contributed by atoms with Crippen molar-refractivity contribution in [2.75, 3.05) is 24.7 Å². The molecule has 1 rings (SSSR count). The monoisotopic (exact) mass is 288 g/mol. The first-order valence-electron chi connectivity index (χ1n) is 6.02. The molecule has 0 saturated heterocycles. The van der Waals surface area contributed by atoms with E-state index >= 15 is 0 Å². The van der Waals surface area contributed by atoms with E-state index in [4.69, 9.17) is 15.6 Å². The van der Waals surface area contributed by atoms with Gasteiger partial charge in [0, 0.05) is 24.4 Å². The lowest BCUT2D eigenvalue weighted by Crippen LogP contribution is -2.36. The van der Waals surface area contributed by atoms with Gasteiger partial charge < -0.3 is 15.6 Å². The third kappa shape index (κ3) is 6.42. The Morgan fingerprint density at radius 2 is 2.21 bits per heavy atom. The highest BCUT2D eigenvalue weighted by Gasteiger charge is 2.14. The number of ether oxygens (including phenoxy) is 1. The van der Waals surface area contributed by atoms with Crippen molar-refractivity contribution < 1.29 is 18.3 Å². The fourth-order valence-electron chi connectivity index (χ4n) is 1.49. The molecule has 7 heteroatoms. The van der Waals surface area contributed by atoms with Gasteiger partial charge in [-0.05, 0) is 25.5 Å². The van der Waals surface area contributed by atoms with Gasteiger partial charge >= 0.3 is 0 Å². The number of nitrogens with two attached hydrogens (primary N) is 1. The van der Waals surface area contributed by atoms with Crippen LogP contribution in [0.1, 0.15) is 13.3 Å². The number of rotatable bonds is 8. The SMILES string of the molecule is CC(CCO)NS(=O)(=O)CCOc1cccc(N)c1. The summed E-state index contributed by atoms with van der Waals surface area (Å²) < 4.78 is 31.1. The van der Waals surface area contributed by atoms with E-state index in [9.17, 15) is 8.42 Å². The van der Waals surface area contributed by atoms with Crippen LogP contribution in [0.2, 0.25) is 0 Å². The molecule has 0 amide bonds. The molecule has 0 aliphatic heterocycles. The van der Waals surface area contributed by atoms with Crippen molar-refractivity contribution in [3.8, 4) is 5.75 Å². The molecule has 1 aromatic carbocycles. The summed E-state index contributed by atoms with van der Waals surface area (Å²) in [6.45, 7) is 1.70. The maximum absolute atomic E-state index is 11.7. The van der Waals surface area contributed by atoms with Crippen molar-refractivity contribution in [2.45, 2.75) is 19.4 Å². The van der Waals surface area contributed by atoms with Crippen molar-refractivity contribution in [3.63, 3.8) is 0 Å². The molecule has 0 saturated carbocycles. The standard InChI is InChI=1S/C12H20N2O4S/c1-10(5-6-15)14-19(16,17)8-7-18-12-4-2-3-11(13)9-12/h2-4,9-10,14-15H,5-8,13H2,1H3. The summed E-state index contributed by atoms with van der Waals surface area (Å²) in [6.07, 6.45) is 0.384. The molecule has 6 nitrogen and oxygen atoms in total. The lowest BCUT2D eigenvalue weighted by molar-refractivity contribution is 0.275. The van der Waals surface area contributed by atoms with Crippen LogP contribution in [-0.4, -0.2) is 38.5 Å². The molecule has 0 aromatic heterocycles. The van der Waals surface area contributed by atoms with Gasteiger partial charge in [-0.2, -0.15) is 0 Å². The number of sulfonamides is 1. The van der Waals surface area contributed by atoms with Gasteiger partial charge in [-0.1, -0.05) is 6.07 Å². The number of aliphatic hydroxyl groups excluding tert-OH is 1. The van der Waals surface area contributed by atoms with Crippen molar-refractivity contribution in [3.05, 3.63) is 24.3 Å². The first-order valence-corrected chi connectivity index (χ1v) is 7.67. The molecule has 0 fully saturated rings. The van der Waals surface area contributed by atoms with E-state index in [2.05, 4.69) is 4.72 Å². The molecule has 19 heavy (non-hydrogen) atoms. The van der Waals surface area contributed by atoms with Gasteiger partial charge in [-0.15, -0.1) is 0 Å². The van der Waals surface area contributed by atoms with E-state index in [1.807, 2.05) is 0 Å². The Balaban J connectivity index is 2.39. The molecule has 0 radical (unpaired) electrons. The van der Waals surface area contributed by atoms with Gasteiger partial charge in [-0.3, -0.25) is 0 Å². The number of nitrogen functional groups attached to an aromatic ring is 1. The molecular formula is C12H20N2O4S. The molecule has 0 aliphatic carbocycles. The van der Waals surface area contributed by atoms with Gasteiger partial charge in [0.05, 0.1) is 5.75 Å². The van der Waals surface area contributed by atoms with Crippen LogP contribution in [0, 0.1) is 0 Å². The number of benzene rings is 1. The molecule has 1 unspecified atom stereocenters. The smallest absolute Gasteiger partial charge is 0.215 e. The second kappa shape index (κ2) is 7.32. The van der Waals surface area contributed by atoms with Crippen LogP contribution in [0.3, 0.4) is 0 Å². The van der Waals surface area contributed by atoms with Crippen molar-refractivity contribution in [2.24, 2.45) is 0 Å². The van der Waals surface area contributed by atoms with E-state index < -0.39 is 10.0 Å². The van der Waals surface area contributed by atoms with Gasteiger partial charge in [0.2, 0.25) is 10.0 Å². The van der Waals surface area contributed by atoms with Gasteiger partial charge in [-0.25, -0.2) is 13.1 Å². The highest BCUT2D eigenvalue weighted by Crippen LogP contribution is 2.14. The summed E-state index contributed by atoms with van der Waals surface area (Å²) in [6, 6.07) is 6.52. The number of hydrogen-bond donors (Lipinski definition) is 3. The first kappa shape index (κ1) is 15.7. The fraction of sp³-hybridized carbons (Fsp3) is 0.500. The summed E-state index contributed by atoms with van der Waals surface area (Å²) in [5.74, 6) is 0.399. The van der Waals surface area contributed by atoms with Gasteiger partial charge in [0.15, 0.2) is 0 Å². The molecule has 0 bridgehead atoms. The van der Waals surface area contributed by atoms with E-state index in [0.717, 1.165) is 0 Å². The van der Waals surface area contributed by atoms with E-state index in [1.165, 1.54) is 0 Å². The van der Waals surface area contributed by atoms with Crippen molar-refractivity contribution in [1.29, 1.82) is 0 Å². The molecule has 1 aromatic rings. The fourth-order valence-corrected chi connectivity index (χ4v) is 2.64. The summed E-state index contributed by atoms with van der Waals surface area (Å²) >= 11 is 0. The molecule has 0 spiro atoms. The molecule has 108 valence electrons. The van der Waals surface area contributed by atoms with Crippen LogP contribution >= 0.6 is 0 Å². The van der Waals surface area contributed by atoms with Crippen LogP contribution in [-0.2, 0) is 10.0 Å². The molecule has 0 aliphatic rings. The van der Waals surface area contributed by atoms with E-state index in [1.54, 1.807) is 31.2 Å². The molecule has 4 N–H and O–H groups in total. The number of aliphatic hydroxyl groups is 1. The Kier molecular flexibility index (Phi) is 6.07. The lowest BCUT2D eigenvalue weighted by atomic mass is 10.3. The number of hydrogen-bond acceptors (Lipinski definition) is 5. The van der Waals surface area contributed by atoms with Crippen LogP contribution in [0.5, 0.6) is 5.75 Å². The van der Waals surface area contributed by atoms with Crippen LogP contribution in [0.15, 0.2) is 24.3 Å². The zero-order valence-corrected chi connectivity index (χ0v) is 11.7. The predicted octanol–water partition coefficient (Wildman–Crippen LogP) is 0.338. The largest absolute Gasteiger partial charge is 0.492 e. The van der Waals surface area contributed by atoms with Gasteiger partial charge in [0.1, 0.15) is 12.4 Å². The summed E-state index contributed by atoms with van der Waals surface area (Å²) in [5, 5.41) is 8.71. The second-order valence-electron chi connectivity index (χ2n) is 4.27. The summed E-state index contributed by atoms with van der Waals surface area (Å²) in [5.41, 5.74) is 6.15. The highest BCUT2D eigenvalue weighted by molar-refractivity contribution is 7.89. The molecular weight excluding hydrogens is 268 g/mol.